The molecule has 0 saturated carbocycles. The third-order valence-corrected chi connectivity index (χ3v) is 2.83. The van der Waals surface area contributed by atoms with Gasteiger partial charge in [0.1, 0.15) is 5.75 Å². The Labute approximate surface area is 132 Å². The molecular weight excluding hydrogens is 340 g/mol. The number of carbonyl (C=O) groups excluding carboxylic acids is 2. The number of carbonyl (C=O) groups is 2. The zero-order valence-electron chi connectivity index (χ0n) is 12.0. The first-order valence-corrected chi connectivity index (χ1v) is 7.34. The molecule has 21 heavy (non-hydrogen) atoms. The van der Waals surface area contributed by atoms with Crippen LogP contribution in [0.1, 0.15) is 20.3 Å². The number of ether oxygens (including phenoxy) is 2. The fraction of sp³-hybridized carbons (Fsp3) is 0.429. The van der Waals surface area contributed by atoms with Gasteiger partial charge in [-0.25, -0.2) is 0 Å². The number of benzene rings is 1. The van der Waals surface area contributed by atoms with E-state index in [0.717, 1.165) is 4.47 Å². The Morgan fingerprint density at radius 2 is 1.76 bits per heavy atom. The Kier molecular flexibility index (Phi) is 7.78. The molecule has 0 aliphatic heterocycles. The number of hydrazine groups is 1. The highest BCUT2D eigenvalue weighted by Gasteiger charge is 2.06. The summed E-state index contributed by atoms with van der Waals surface area (Å²) in [5, 5.41) is 0. The highest BCUT2D eigenvalue weighted by molar-refractivity contribution is 9.10. The second-order valence-corrected chi connectivity index (χ2v) is 5.42. The molecule has 0 unspecified atom stereocenters. The molecule has 0 aromatic heterocycles. The molecule has 0 spiro atoms. The topological polar surface area (TPSA) is 76.7 Å². The van der Waals surface area contributed by atoms with Crippen LogP contribution in [0.4, 0.5) is 0 Å². The molecule has 0 heterocycles. The second-order valence-electron chi connectivity index (χ2n) is 4.51. The summed E-state index contributed by atoms with van der Waals surface area (Å²) in [6.07, 6.45) is 0.262. The van der Waals surface area contributed by atoms with E-state index in [1.54, 1.807) is 12.1 Å². The van der Waals surface area contributed by atoms with Crippen LogP contribution in [-0.2, 0) is 14.3 Å². The van der Waals surface area contributed by atoms with Crippen LogP contribution in [0.15, 0.2) is 28.7 Å². The summed E-state index contributed by atoms with van der Waals surface area (Å²) >= 11 is 3.30. The van der Waals surface area contributed by atoms with E-state index in [1.165, 1.54) is 0 Å². The molecule has 116 valence electrons. The maximum absolute atomic E-state index is 11.5. The summed E-state index contributed by atoms with van der Waals surface area (Å²) < 4.78 is 11.4. The first-order chi connectivity index (χ1) is 9.97. The standard InChI is InChI=1S/C14H19BrN2O4/c1-10(2)20-8-7-13(18)16-17-14(19)9-21-12-5-3-11(15)4-6-12/h3-6,10H,7-9H2,1-2H3,(H,16,18)(H,17,19). The van der Waals surface area contributed by atoms with Crippen molar-refractivity contribution in [2.75, 3.05) is 13.2 Å². The molecule has 6 nitrogen and oxygen atoms in total. The lowest BCUT2D eigenvalue weighted by Gasteiger charge is -2.10. The number of nitrogens with one attached hydrogen (secondary N) is 2. The zero-order valence-corrected chi connectivity index (χ0v) is 13.6. The number of amides is 2. The van der Waals surface area contributed by atoms with Crippen molar-refractivity contribution in [3.63, 3.8) is 0 Å². The van der Waals surface area contributed by atoms with Crippen LogP contribution in [0, 0.1) is 0 Å². The summed E-state index contributed by atoms with van der Waals surface area (Å²) in [6, 6.07) is 7.09. The van der Waals surface area contributed by atoms with Gasteiger partial charge < -0.3 is 9.47 Å². The predicted molar refractivity (Wildman–Crippen MR) is 81.6 cm³/mol. The van der Waals surface area contributed by atoms with Crippen LogP contribution in [0.5, 0.6) is 5.75 Å². The third kappa shape index (κ3) is 8.31. The molecule has 2 N–H and O–H groups in total. The summed E-state index contributed by atoms with van der Waals surface area (Å²) in [7, 11) is 0. The molecule has 0 atom stereocenters. The summed E-state index contributed by atoms with van der Waals surface area (Å²) in [5.74, 6) is -0.173. The molecule has 2 amide bonds. The van der Waals surface area contributed by atoms with E-state index in [4.69, 9.17) is 9.47 Å². The first-order valence-electron chi connectivity index (χ1n) is 6.55. The van der Waals surface area contributed by atoms with Gasteiger partial charge in [0.2, 0.25) is 5.91 Å². The van der Waals surface area contributed by atoms with Gasteiger partial charge in [-0.05, 0) is 38.1 Å². The van der Waals surface area contributed by atoms with Crippen molar-refractivity contribution in [2.45, 2.75) is 26.4 Å². The Morgan fingerprint density at radius 3 is 2.38 bits per heavy atom. The van der Waals surface area contributed by atoms with Crippen LogP contribution < -0.4 is 15.6 Å². The molecule has 0 bridgehead atoms. The Morgan fingerprint density at radius 1 is 1.14 bits per heavy atom. The Balaban J connectivity index is 2.16. The van der Waals surface area contributed by atoms with Gasteiger partial charge in [0.25, 0.3) is 5.91 Å². The summed E-state index contributed by atoms with van der Waals surface area (Å²) in [4.78, 5) is 22.9. The molecule has 1 rings (SSSR count). The largest absolute Gasteiger partial charge is 0.484 e. The van der Waals surface area contributed by atoms with E-state index >= 15 is 0 Å². The molecule has 0 aliphatic rings. The summed E-state index contributed by atoms with van der Waals surface area (Å²) in [5.41, 5.74) is 4.57. The lowest BCUT2D eigenvalue weighted by atomic mass is 10.3. The third-order valence-electron chi connectivity index (χ3n) is 2.31. The smallest absolute Gasteiger partial charge is 0.276 e. The van der Waals surface area contributed by atoms with Crippen molar-refractivity contribution in [3.8, 4) is 5.75 Å². The highest BCUT2D eigenvalue weighted by atomic mass is 79.9. The zero-order chi connectivity index (χ0) is 15.7. The quantitative estimate of drug-likeness (QED) is 0.728. The fourth-order valence-electron chi connectivity index (χ4n) is 1.31. The van der Waals surface area contributed by atoms with E-state index in [2.05, 4.69) is 26.8 Å². The molecule has 0 fully saturated rings. The maximum Gasteiger partial charge on any atom is 0.276 e. The van der Waals surface area contributed by atoms with Crippen LogP contribution in [-0.4, -0.2) is 31.1 Å². The second kappa shape index (κ2) is 9.36. The number of hydrogen-bond donors (Lipinski definition) is 2. The minimum atomic E-state index is -0.434. The van der Waals surface area contributed by atoms with E-state index in [9.17, 15) is 9.59 Å². The van der Waals surface area contributed by atoms with Gasteiger partial charge in [-0.1, -0.05) is 15.9 Å². The van der Waals surface area contributed by atoms with Crippen LogP contribution in [0.25, 0.3) is 0 Å². The van der Waals surface area contributed by atoms with Gasteiger partial charge in [0.15, 0.2) is 6.61 Å². The number of halogens is 1. The lowest BCUT2D eigenvalue weighted by Crippen LogP contribution is -2.44. The van der Waals surface area contributed by atoms with Crippen LogP contribution in [0.2, 0.25) is 0 Å². The van der Waals surface area contributed by atoms with Gasteiger partial charge in [0, 0.05) is 4.47 Å². The Hall–Kier alpha value is -1.60. The fourth-order valence-corrected chi connectivity index (χ4v) is 1.57. The molecule has 1 aromatic carbocycles. The maximum atomic E-state index is 11.5. The van der Waals surface area contributed by atoms with E-state index in [0.29, 0.717) is 12.4 Å². The summed E-state index contributed by atoms with van der Waals surface area (Å²) in [6.45, 7) is 3.91. The minimum Gasteiger partial charge on any atom is -0.484 e. The van der Waals surface area contributed by atoms with Gasteiger partial charge in [-0.2, -0.15) is 0 Å². The SMILES string of the molecule is CC(C)OCCC(=O)NNC(=O)COc1ccc(Br)cc1. The first kappa shape index (κ1) is 17.5. The molecule has 0 aliphatic carbocycles. The van der Waals surface area contributed by atoms with Crippen molar-refractivity contribution < 1.29 is 19.1 Å². The van der Waals surface area contributed by atoms with Gasteiger partial charge >= 0.3 is 0 Å². The number of rotatable bonds is 7. The highest BCUT2D eigenvalue weighted by Crippen LogP contribution is 2.15. The average Bonchev–Trinajstić information content (AvgIpc) is 2.44. The van der Waals surface area contributed by atoms with Crippen molar-refractivity contribution in [1.29, 1.82) is 0 Å². The van der Waals surface area contributed by atoms with Crippen molar-refractivity contribution in [1.82, 2.24) is 10.9 Å². The van der Waals surface area contributed by atoms with Crippen LogP contribution >= 0.6 is 15.9 Å². The van der Waals surface area contributed by atoms with Crippen molar-refractivity contribution in [3.05, 3.63) is 28.7 Å². The van der Waals surface area contributed by atoms with Gasteiger partial charge in [-0.15, -0.1) is 0 Å². The van der Waals surface area contributed by atoms with Crippen molar-refractivity contribution in [2.24, 2.45) is 0 Å². The average molecular weight is 359 g/mol. The molecule has 0 radical (unpaired) electrons. The van der Waals surface area contributed by atoms with Gasteiger partial charge in [0.05, 0.1) is 19.1 Å². The minimum absolute atomic E-state index is 0.0756. The molecule has 0 saturated heterocycles. The molecular formula is C14H19BrN2O4. The lowest BCUT2D eigenvalue weighted by molar-refractivity contribution is -0.130. The predicted octanol–water partition coefficient (Wildman–Crippen LogP) is 1.79. The molecule has 7 heteroatoms. The van der Waals surface area contributed by atoms with Crippen molar-refractivity contribution >= 4 is 27.7 Å². The molecule has 1 aromatic rings. The van der Waals surface area contributed by atoms with E-state index in [-0.39, 0.29) is 25.0 Å². The van der Waals surface area contributed by atoms with E-state index in [1.807, 2.05) is 26.0 Å². The van der Waals surface area contributed by atoms with Crippen LogP contribution in [0.3, 0.4) is 0 Å². The monoisotopic (exact) mass is 358 g/mol. The Bertz CT molecular complexity index is 463. The normalized spacial score (nSPS) is 10.3. The van der Waals surface area contributed by atoms with E-state index < -0.39 is 5.91 Å². The van der Waals surface area contributed by atoms with Gasteiger partial charge in [-0.3, -0.25) is 20.4 Å². The number of hydrogen-bond acceptors (Lipinski definition) is 4.